The summed E-state index contributed by atoms with van der Waals surface area (Å²) < 4.78 is 7.55. The third-order valence-electron chi connectivity index (χ3n) is 2.68. The van der Waals surface area contributed by atoms with Crippen molar-refractivity contribution in [2.24, 2.45) is 0 Å². The lowest BCUT2D eigenvalue weighted by Gasteiger charge is -2.08. The molecule has 0 bridgehead atoms. The Morgan fingerprint density at radius 3 is 2.94 bits per heavy atom. The second-order valence-electron chi connectivity index (χ2n) is 4.12. The van der Waals surface area contributed by atoms with Crippen molar-refractivity contribution >= 4 is 0 Å². The quantitative estimate of drug-likeness (QED) is 0.785. The summed E-state index contributed by atoms with van der Waals surface area (Å²) in [5.74, 6) is 1.80. The molecule has 0 amide bonds. The second kappa shape index (κ2) is 6.19. The van der Waals surface area contributed by atoms with Crippen LogP contribution in [0.4, 0.5) is 0 Å². The molecular weight excluding hydrogens is 226 g/mol. The van der Waals surface area contributed by atoms with Gasteiger partial charge >= 0.3 is 0 Å². The van der Waals surface area contributed by atoms with Gasteiger partial charge in [-0.3, -0.25) is 0 Å². The molecule has 4 nitrogen and oxygen atoms in total. The van der Waals surface area contributed by atoms with Gasteiger partial charge in [0.15, 0.2) is 0 Å². The number of ether oxygens (including phenoxy) is 1. The predicted octanol–water partition coefficient (Wildman–Crippen LogP) is 2.68. The molecule has 0 aliphatic heterocycles. The lowest BCUT2D eigenvalue weighted by Crippen LogP contribution is -2.06. The van der Waals surface area contributed by atoms with Crippen LogP contribution < -0.4 is 4.74 Å². The van der Waals surface area contributed by atoms with Gasteiger partial charge in [0, 0.05) is 24.9 Å². The van der Waals surface area contributed by atoms with Crippen molar-refractivity contribution in [1.29, 1.82) is 0 Å². The van der Waals surface area contributed by atoms with Crippen LogP contribution in [0.1, 0.15) is 31.8 Å². The van der Waals surface area contributed by atoms with Gasteiger partial charge in [0.2, 0.25) is 5.88 Å². The SMILES string of the molecule is CCCc1nccn1Cc1cccc(OCC)n1. The van der Waals surface area contributed by atoms with E-state index in [2.05, 4.69) is 21.5 Å². The van der Waals surface area contributed by atoms with Crippen LogP contribution >= 0.6 is 0 Å². The number of rotatable bonds is 6. The maximum Gasteiger partial charge on any atom is 0.213 e. The molecule has 0 N–H and O–H groups in total. The van der Waals surface area contributed by atoms with Crippen molar-refractivity contribution in [2.75, 3.05) is 6.61 Å². The number of hydrogen-bond acceptors (Lipinski definition) is 3. The van der Waals surface area contributed by atoms with Gasteiger partial charge in [-0.2, -0.15) is 0 Å². The van der Waals surface area contributed by atoms with Gasteiger partial charge in [0.25, 0.3) is 0 Å². The maximum atomic E-state index is 5.41. The summed E-state index contributed by atoms with van der Waals surface area (Å²) in [5.41, 5.74) is 0.997. The summed E-state index contributed by atoms with van der Waals surface area (Å²) in [7, 11) is 0. The fourth-order valence-electron chi connectivity index (χ4n) is 1.88. The summed E-state index contributed by atoms with van der Waals surface area (Å²) >= 11 is 0. The highest BCUT2D eigenvalue weighted by Crippen LogP contribution is 2.10. The predicted molar refractivity (Wildman–Crippen MR) is 70.7 cm³/mol. The van der Waals surface area contributed by atoms with Crippen LogP contribution in [0.3, 0.4) is 0 Å². The molecule has 0 atom stereocenters. The van der Waals surface area contributed by atoms with Crippen LogP contribution in [-0.2, 0) is 13.0 Å². The number of pyridine rings is 1. The number of aryl methyl sites for hydroxylation is 1. The molecule has 0 aromatic carbocycles. The minimum absolute atomic E-state index is 0.641. The van der Waals surface area contributed by atoms with Gasteiger partial charge in [-0.15, -0.1) is 0 Å². The summed E-state index contributed by atoms with van der Waals surface area (Å²) in [6, 6.07) is 5.87. The summed E-state index contributed by atoms with van der Waals surface area (Å²) in [4.78, 5) is 8.83. The molecule has 96 valence electrons. The van der Waals surface area contributed by atoms with Crippen LogP contribution in [0.5, 0.6) is 5.88 Å². The van der Waals surface area contributed by atoms with Crippen LogP contribution in [0.15, 0.2) is 30.6 Å². The Kier molecular flexibility index (Phi) is 4.34. The zero-order chi connectivity index (χ0) is 12.8. The molecule has 18 heavy (non-hydrogen) atoms. The fraction of sp³-hybridized carbons (Fsp3) is 0.429. The highest BCUT2D eigenvalue weighted by atomic mass is 16.5. The monoisotopic (exact) mass is 245 g/mol. The zero-order valence-corrected chi connectivity index (χ0v) is 11.0. The van der Waals surface area contributed by atoms with E-state index in [1.807, 2.05) is 37.5 Å². The standard InChI is InChI=1S/C14H19N3O/c1-3-6-13-15-9-10-17(13)11-12-7-5-8-14(16-12)18-4-2/h5,7-10H,3-4,6,11H2,1-2H3. The average Bonchev–Trinajstić information content (AvgIpc) is 2.78. The number of hydrogen-bond donors (Lipinski definition) is 0. The van der Waals surface area contributed by atoms with Crippen molar-refractivity contribution in [2.45, 2.75) is 33.2 Å². The lowest BCUT2D eigenvalue weighted by atomic mass is 10.3. The Balaban J connectivity index is 2.12. The Labute approximate surface area is 108 Å². The fourth-order valence-corrected chi connectivity index (χ4v) is 1.88. The molecule has 0 saturated heterocycles. The molecule has 0 aliphatic rings. The number of aromatic nitrogens is 3. The molecule has 2 aromatic rings. The topological polar surface area (TPSA) is 39.9 Å². The van der Waals surface area contributed by atoms with Gasteiger partial charge in [0.1, 0.15) is 5.82 Å². The smallest absolute Gasteiger partial charge is 0.213 e. The Morgan fingerprint density at radius 1 is 1.28 bits per heavy atom. The minimum Gasteiger partial charge on any atom is -0.478 e. The lowest BCUT2D eigenvalue weighted by molar-refractivity contribution is 0.325. The molecule has 0 spiro atoms. The molecule has 0 radical (unpaired) electrons. The van der Waals surface area contributed by atoms with Crippen LogP contribution in [0, 0.1) is 0 Å². The van der Waals surface area contributed by atoms with Crippen molar-refractivity contribution in [3.63, 3.8) is 0 Å². The molecule has 0 fully saturated rings. The van der Waals surface area contributed by atoms with E-state index in [1.165, 1.54) is 0 Å². The third kappa shape index (κ3) is 3.09. The number of nitrogens with zero attached hydrogens (tertiary/aromatic N) is 3. The second-order valence-corrected chi connectivity index (χ2v) is 4.12. The third-order valence-corrected chi connectivity index (χ3v) is 2.68. The van der Waals surface area contributed by atoms with Crippen LogP contribution in [0.25, 0.3) is 0 Å². The first-order chi connectivity index (χ1) is 8.83. The zero-order valence-electron chi connectivity index (χ0n) is 11.0. The van der Waals surface area contributed by atoms with Crippen LogP contribution in [0.2, 0.25) is 0 Å². The van der Waals surface area contributed by atoms with Crippen molar-refractivity contribution < 1.29 is 4.74 Å². The van der Waals surface area contributed by atoms with E-state index in [0.29, 0.717) is 12.5 Å². The molecule has 0 saturated carbocycles. The van der Waals surface area contributed by atoms with Gasteiger partial charge < -0.3 is 9.30 Å². The molecule has 2 rings (SSSR count). The largest absolute Gasteiger partial charge is 0.478 e. The highest BCUT2D eigenvalue weighted by molar-refractivity contribution is 5.16. The van der Waals surface area contributed by atoms with E-state index in [9.17, 15) is 0 Å². The summed E-state index contributed by atoms with van der Waals surface area (Å²) in [5, 5.41) is 0. The van der Waals surface area contributed by atoms with E-state index in [0.717, 1.165) is 30.9 Å². The Hall–Kier alpha value is -1.84. The normalized spacial score (nSPS) is 10.6. The molecule has 2 aromatic heterocycles. The summed E-state index contributed by atoms with van der Waals surface area (Å²) in [6.07, 6.45) is 5.94. The maximum absolute atomic E-state index is 5.41. The van der Waals surface area contributed by atoms with E-state index in [4.69, 9.17) is 4.74 Å². The number of imidazole rings is 1. The molecule has 0 aliphatic carbocycles. The highest BCUT2D eigenvalue weighted by Gasteiger charge is 2.04. The van der Waals surface area contributed by atoms with Gasteiger partial charge in [0.05, 0.1) is 18.8 Å². The Bertz CT molecular complexity index is 493. The molecular formula is C14H19N3O. The van der Waals surface area contributed by atoms with E-state index in [-0.39, 0.29) is 0 Å². The minimum atomic E-state index is 0.641. The van der Waals surface area contributed by atoms with E-state index >= 15 is 0 Å². The molecule has 2 heterocycles. The van der Waals surface area contributed by atoms with Crippen LogP contribution in [-0.4, -0.2) is 21.1 Å². The van der Waals surface area contributed by atoms with E-state index in [1.54, 1.807) is 0 Å². The average molecular weight is 245 g/mol. The van der Waals surface area contributed by atoms with Gasteiger partial charge in [-0.05, 0) is 19.4 Å². The summed E-state index contributed by atoms with van der Waals surface area (Å²) in [6.45, 7) is 5.51. The first-order valence-electron chi connectivity index (χ1n) is 6.42. The van der Waals surface area contributed by atoms with Crippen molar-refractivity contribution in [3.05, 3.63) is 42.1 Å². The van der Waals surface area contributed by atoms with Crippen molar-refractivity contribution in [3.8, 4) is 5.88 Å². The Morgan fingerprint density at radius 2 is 2.17 bits per heavy atom. The molecule has 4 heteroatoms. The molecule has 0 unspecified atom stereocenters. The van der Waals surface area contributed by atoms with E-state index < -0.39 is 0 Å². The first kappa shape index (κ1) is 12.6. The van der Waals surface area contributed by atoms with Crippen molar-refractivity contribution in [1.82, 2.24) is 14.5 Å². The van der Waals surface area contributed by atoms with Gasteiger partial charge in [-0.1, -0.05) is 13.0 Å². The van der Waals surface area contributed by atoms with Gasteiger partial charge in [-0.25, -0.2) is 9.97 Å². The first-order valence-corrected chi connectivity index (χ1v) is 6.42.